The molecule has 3 heteroatoms. The Morgan fingerprint density at radius 1 is 1.40 bits per heavy atom. The van der Waals surface area contributed by atoms with Gasteiger partial charge in [-0.05, 0) is 37.7 Å². The van der Waals surface area contributed by atoms with E-state index >= 15 is 0 Å². The van der Waals surface area contributed by atoms with E-state index in [2.05, 4.69) is 37.7 Å². The summed E-state index contributed by atoms with van der Waals surface area (Å²) in [6, 6.07) is 2.58. The zero-order valence-electron chi connectivity index (χ0n) is 13.3. The van der Waals surface area contributed by atoms with Crippen LogP contribution in [0, 0.1) is 5.92 Å². The first-order valence-electron chi connectivity index (χ1n) is 8.36. The molecule has 20 heavy (non-hydrogen) atoms. The number of nitrogens with zero attached hydrogens (tertiary/aromatic N) is 2. The molecule has 1 aliphatic rings. The summed E-state index contributed by atoms with van der Waals surface area (Å²) in [7, 11) is 0. The Balaban J connectivity index is 2.02. The molecule has 1 aromatic heterocycles. The van der Waals surface area contributed by atoms with Crippen LogP contribution in [0.25, 0.3) is 0 Å². The van der Waals surface area contributed by atoms with E-state index in [0.29, 0.717) is 12.0 Å². The van der Waals surface area contributed by atoms with E-state index in [1.54, 1.807) is 0 Å². The molecule has 1 heterocycles. The third kappa shape index (κ3) is 3.63. The van der Waals surface area contributed by atoms with Crippen molar-refractivity contribution in [2.45, 2.75) is 83.8 Å². The molecule has 0 spiro atoms. The molecule has 1 fully saturated rings. The van der Waals surface area contributed by atoms with Crippen LogP contribution in [0.2, 0.25) is 0 Å². The van der Waals surface area contributed by atoms with Gasteiger partial charge >= 0.3 is 0 Å². The third-order valence-electron chi connectivity index (χ3n) is 4.99. The molecule has 0 aliphatic heterocycles. The Labute approximate surface area is 123 Å². The van der Waals surface area contributed by atoms with E-state index in [0.717, 1.165) is 44.2 Å². The maximum absolute atomic E-state index is 10.8. The van der Waals surface area contributed by atoms with Gasteiger partial charge in [-0.1, -0.05) is 40.0 Å². The summed E-state index contributed by atoms with van der Waals surface area (Å²) in [5, 5.41) is 15.5. The zero-order chi connectivity index (χ0) is 14.6. The van der Waals surface area contributed by atoms with Gasteiger partial charge in [-0.15, -0.1) is 0 Å². The molecule has 1 N–H and O–H groups in total. The third-order valence-corrected chi connectivity index (χ3v) is 4.99. The summed E-state index contributed by atoms with van der Waals surface area (Å²) >= 11 is 0. The number of hydrogen-bond donors (Lipinski definition) is 1. The highest BCUT2D eigenvalue weighted by Crippen LogP contribution is 2.36. The van der Waals surface area contributed by atoms with Crippen molar-refractivity contribution >= 4 is 0 Å². The van der Waals surface area contributed by atoms with Gasteiger partial charge in [0.1, 0.15) is 0 Å². The van der Waals surface area contributed by atoms with Gasteiger partial charge in [-0.3, -0.25) is 4.68 Å². The van der Waals surface area contributed by atoms with E-state index < -0.39 is 5.60 Å². The summed E-state index contributed by atoms with van der Waals surface area (Å²) in [6.07, 6.45) is 10.5. The van der Waals surface area contributed by atoms with Crippen LogP contribution >= 0.6 is 0 Å². The molecule has 2 atom stereocenters. The zero-order valence-corrected chi connectivity index (χ0v) is 13.3. The second-order valence-corrected chi connectivity index (χ2v) is 6.53. The fraction of sp³-hybridized carbons (Fsp3) is 0.824. The standard InChI is InChI=1S/C17H30N2O/c1-4-14-8-7-10-17(20,12-14)13-15-9-11-19(18-15)16(5-2)6-3/h9,11,14,16,20H,4-8,10,12-13H2,1-3H3. The Bertz CT molecular complexity index is 411. The van der Waals surface area contributed by atoms with Crippen molar-refractivity contribution in [1.82, 2.24) is 9.78 Å². The highest BCUT2D eigenvalue weighted by molar-refractivity contribution is 5.06. The lowest BCUT2D eigenvalue weighted by atomic mass is 9.75. The SMILES string of the molecule is CCC1CCCC(O)(Cc2ccn(C(CC)CC)n2)C1. The Kier molecular flexibility index (Phi) is 5.25. The largest absolute Gasteiger partial charge is 0.389 e. The van der Waals surface area contributed by atoms with Crippen LogP contribution in [0.3, 0.4) is 0 Å². The van der Waals surface area contributed by atoms with Crippen molar-refractivity contribution in [2.75, 3.05) is 0 Å². The monoisotopic (exact) mass is 278 g/mol. The van der Waals surface area contributed by atoms with Gasteiger partial charge in [0, 0.05) is 12.6 Å². The lowest BCUT2D eigenvalue weighted by Crippen LogP contribution is -2.37. The summed E-state index contributed by atoms with van der Waals surface area (Å²) in [5.41, 5.74) is 0.530. The van der Waals surface area contributed by atoms with Gasteiger partial charge < -0.3 is 5.11 Å². The number of rotatable bonds is 6. The highest BCUT2D eigenvalue weighted by Gasteiger charge is 2.34. The lowest BCUT2D eigenvalue weighted by molar-refractivity contribution is -0.0170. The molecule has 0 aromatic carbocycles. The Hall–Kier alpha value is -0.830. The quantitative estimate of drug-likeness (QED) is 0.850. The van der Waals surface area contributed by atoms with E-state index in [1.807, 2.05) is 0 Å². The van der Waals surface area contributed by atoms with E-state index in [1.165, 1.54) is 12.8 Å². The smallest absolute Gasteiger partial charge is 0.0706 e. The van der Waals surface area contributed by atoms with Crippen molar-refractivity contribution in [2.24, 2.45) is 5.92 Å². The van der Waals surface area contributed by atoms with Crippen LogP contribution in [0.4, 0.5) is 0 Å². The Morgan fingerprint density at radius 3 is 2.80 bits per heavy atom. The average molecular weight is 278 g/mol. The van der Waals surface area contributed by atoms with E-state index in [4.69, 9.17) is 5.10 Å². The highest BCUT2D eigenvalue weighted by atomic mass is 16.3. The molecule has 0 bridgehead atoms. The minimum absolute atomic E-state index is 0.494. The molecule has 3 nitrogen and oxygen atoms in total. The van der Waals surface area contributed by atoms with Crippen molar-refractivity contribution < 1.29 is 5.11 Å². The van der Waals surface area contributed by atoms with Crippen molar-refractivity contribution in [1.29, 1.82) is 0 Å². The predicted octanol–water partition coefficient (Wildman–Crippen LogP) is 4.12. The van der Waals surface area contributed by atoms with Crippen LogP contribution in [0.1, 0.15) is 77.5 Å². The van der Waals surface area contributed by atoms with Crippen LogP contribution < -0.4 is 0 Å². The Morgan fingerprint density at radius 2 is 2.15 bits per heavy atom. The van der Waals surface area contributed by atoms with E-state index in [-0.39, 0.29) is 0 Å². The van der Waals surface area contributed by atoms with Crippen molar-refractivity contribution in [3.05, 3.63) is 18.0 Å². The van der Waals surface area contributed by atoms with Crippen LogP contribution in [-0.2, 0) is 6.42 Å². The van der Waals surface area contributed by atoms with Gasteiger partial charge in [0.25, 0.3) is 0 Å². The molecule has 2 rings (SSSR count). The first kappa shape index (κ1) is 15.6. The summed E-state index contributed by atoms with van der Waals surface area (Å²) in [4.78, 5) is 0. The van der Waals surface area contributed by atoms with Gasteiger partial charge in [0.15, 0.2) is 0 Å². The predicted molar refractivity (Wildman–Crippen MR) is 82.7 cm³/mol. The minimum atomic E-state index is -0.522. The topological polar surface area (TPSA) is 38.0 Å². The van der Waals surface area contributed by atoms with Crippen LogP contribution in [0.15, 0.2) is 12.3 Å². The molecule has 1 aromatic rings. The van der Waals surface area contributed by atoms with Crippen molar-refractivity contribution in [3.63, 3.8) is 0 Å². The van der Waals surface area contributed by atoms with Gasteiger partial charge in [-0.2, -0.15) is 5.10 Å². The first-order valence-corrected chi connectivity index (χ1v) is 8.36. The second kappa shape index (κ2) is 6.75. The summed E-state index contributed by atoms with van der Waals surface area (Å²) < 4.78 is 2.08. The minimum Gasteiger partial charge on any atom is -0.389 e. The lowest BCUT2D eigenvalue weighted by Gasteiger charge is -2.36. The molecule has 0 radical (unpaired) electrons. The molecule has 2 unspecified atom stereocenters. The van der Waals surface area contributed by atoms with Gasteiger partial charge in [0.2, 0.25) is 0 Å². The number of aromatic nitrogens is 2. The molecular formula is C17H30N2O. The molecular weight excluding hydrogens is 248 g/mol. The normalized spacial score (nSPS) is 27.1. The molecule has 1 aliphatic carbocycles. The van der Waals surface area contributed by atoms with Gasteiger partial charge in [-0.25, -0.2) is 0 Å². The maximum atomic E-state index is 10.8. The summed E-state index contributed by atoms with van der Waals surface area (Å²) in [6.45, 7) is 6.64. The van der Waals surface area contributed by atoms with Crippen molar-refractivity contribution in [3.8, 4) is 0 Å². The maximum Gasteiger partial charge on any atom is 0.0706 e. The summed E-state index contributed by atoms with van der Waals surface area (Å²) in [5.74, 6) is 0.690. The van der Waals surface area contributed by atoms with Gasteiger partial charge in [0.05, 0.1) is 17.3 Å². The van der Waals surface area contributed by atoms with E-state index in [9.17, 15) is 5.11 Å². The number of hydrogen-bond acceptors (Lipinski definition) is 2. The molecule has 114 valence electrons. The fourth-order valence-corrected chi connectivity index (χ4v) is 3.65. The van der Waals surface area contributed by atoms with Crippen LogP contribution in [0.5, 0.6) is 0 Å². The molecule has 1 saturated carbocycles. The first-order chi connectivity index (χ1) is 9.60. The molecule has 0 amide bonds. The van der Waals surface area contributed by atoms with Crippen LogP contribution in [-0.4, -0.2) is 20.5 Å². The number of aliphatic hydroxyl groups is 1. The second-order valence-electron chi connectivity index (χ2n) is 6.53. The molecule has 0 saturated heterocycles. The average Bonchev–Trinajstić information content (AvgIpc) is 2.87. The fourth-order valence-electron chi connectivity index (χ4n) is 3.65.